The smallest absolute Gasteiger partial charge is 0.254 e. The molecule has 1 aromatic carbocycles. The summed E-state index contributed by atoms with van der Waals surface area (Å²) in [4.78, 5) is 14.1. The monoisotopic (exact) mass is 341 g/mol. The van der Waals surface area contributed by atoms with E-state index in [0.717, 1.165) is 31.5 Å². The third-order valence-electron chi connectivity index (χ3n) is 3.67. The van der Waals surface area contributed by atoms with Crippen molar-refractivity contribution >= 4 is 35.3 Å². The minimum Gasteiger partial charge on any atom is -0.294 e. The fourth-order valence-corrected chi connectivity index (χ4v) is 2.95. The van der Waals surface area contributed by atoms with E-state index in [1.165, 1.54) is 25.5 Å². The topological polar surface area (TPSA) is 44.7 Å². The summed E-state index contributed by atoms with van der Waals surface area (Å²) >= 11 is 11.9. The summed E-state index contributed by atoms with van der Waals surface area (Å²) in [7, 11) is 0. The summed E-state index contributed by atoms with van der Waals surface area (Å²) in [6.07, 6.45) is 7.68. The molecule has 4 nitrogen and oxygen atoms in total. The average Bonchev–Trinajstić information content (AvgIpc) is 2.44. The number of carbonyl (C=O) groups excluding carboxylic acids is 1. The molecule has 1 fully saturated rings. The van der Waals surface area contributed by atoms with Gasteiger partial charge in [0, 0.05) is 10.6 Å². The van der Waals surface area contributed by atoms with Crippen molar-refractivity contribution in [1.82, 2.24) is 10.3 Å². The van der Waals surface area contributed by atoms with Crippen LogP contribution in [0.4, 0.5) is 0 Å². The van der Waals surface area contributed by atoms with Crippen LogP contribution in [0.15, 0.2) is 23.3 Å². The van der Waals surface area contributed by atoms with Crippen LogP contribution in [0.5, 0.6) is 0 Å². The number of rotatable bonds is 4. The fraction of sp³-hybridized carbons (Fsp3) is 0.500. The fourth-order valence-electron chi connectivity index (χ4n) is 2.49. The Kier molecular flexibility index (Phi) is 7.16. The average molecular weight is 342 g/mol. The zero-order chi connectivity index (χ0) is 15.8. The Morgan fingerprint density at radius 1 is 1.18 bits per heavy atom. The van der Waals surface area contributed by atoms with Gasteiger partial charge in [-0.3, -0.25) is 9.69 Å². The maximum absolute atomic E-state index is 11.9. The molecule has 0 aliphatic carbocycles. The zero-order valence-corrected chi connectivity index (χ0v) is 14.0. The minimum atomic E-state index is -0.0955. The van der Waals surface area contributed by atoms with E-state index in [-0.39, 0.29) is 5.91 Å². The van der Waals surface area contributed by atoms with Gasteiger partial charge in [-0.05, 0) is 38.1 Å². The van der Waals surface area contributed by atoms with Crippen LogP contribution in [0.3, 0.4) is 0 Å². The lowest BCUT2D eigenvalue weighted by molar-refractivity contribution is -0.122. The van der Waals surface area contributed by atoms with Gasteiger partial charge < -0.3 is 0 Å². The molecular weight excluding hydrogens is 321 g/mol. The third kappa shape index (κ3) is 5.95. The van der Waals surface area contributed by atoms with Crippen molar-refractivity contribution < 1.29 is 4.79 Å². The first-order valence-electron chi connectivity index (χ1n) is 7.64. The highest BCUT2D eigenvalue weighted by Gasteiger charge is 2.11. The molecule has 0 aromatic heterocycles. The number of hydrogen-bond donors (Lipinski definition) is 1. The number of carbonyl (C=O) groups is 1. The van der Waals surface area contributed by atoms with E-state index in [1.807, 2.05) is 0 Å². The van der Waals surface area contributed by atoms with Gasteiger partial charge in [-0.25, -0.2) is 5.43 Å². The van der Waals surface area contributed by atoms with E-state index in [0.29, 0.717) is 16.6 Å². The van der Waals surface area contributed by atoms with E-state index in [4.69, 9.17) is 23.2 Å². The molecule has 0 saturated carbocycles. The summed E-state index contributed by atoms with van der Waals surface area (Å²) in [6, 6.07) is 5.14. The molecule has 1 saturated heterocycles. The van der Waals surface area contributed by atoms with Crippen LogP contribution in [0.1, 0.15) is 37.7 Å². The van der Waals surface area contributed by atoms with Gasteiger partial charge in [-0.1, -0.05) is 48.5 Å². The normalized spacial score (nSPS) is 17.2. The first-order valence-corrected chi connectivity index (χ1v) is 8.40. The molecule has 0 spiro atoms. The van der Waals surface area contributed by atoms with Gasteiger partial charge in [0.25, 0.3) is 5.91 Å². The standard InChI is InChI=1S/C16H21Cl2N3O/c17-14-7-6-13(15(18)10-14)11-19-20-16(22)12-21-8-4-2-1-3-5-9-21/h6-7,10-11H,1-5,8-9,12H2,(H,20,22)/b19-11-. The molecule has 1 aromatic rings. The summed E-state index contributed by atoms with van der Waals surface area (Å²) in [5.41, 5.74) is 3.27. The molecule has 0 atom stereocenters. The van der Waals surface area contributed by atoms with Crippen molar-refractivity contribution in [2.24, 2.45) is 5.10 Å². The van der Waals surface area contributed by atoms with Crippen molar-refractivity contribution in [3.05, 3.63) is 33.8 Å². The van der Waals surface area contributed by atoms with E-state index < -0.39 is 0 Å². The Bertz CT molecular complexity index is 526. The molecule has 1 aliphatic rings. The Morgan fingerprint density at radius 3 is 2.55 bits per heavy atom. The molecule has 1 aliphatic heterocycles. The van der Waals surface area contributed by atoms with Gasteiger partial charge in [0.2, 0.25) is 0 Å². The number of halogens is 2. The maximum Gasteiger partial charge on any atom is 0.254 e. The molecule has 0 unspecified atom stereocenters. The first kappa shape index (κ1) is 17.3. The Hall–Kier alpha value is -1.10. The highest BCUT2D eigenvalue weighted by atomic mass is 35.5. The summed E-state index contributed by atoms with van der Waals surface area (Å²) in [5, 5.41) is 5.04. The Balaban J connectivity index is 1.80. The molecule has 22 heavy (non-hydrogen) atoms. The molecule has 2 rings (SSSR count). The van der Waals surface area contributed by atoms with Crippen molar-refractivity contribution in [2.45, 2.75) is 32.1 Å². The van der Waals surface area contributed by atoms with Gasteiger partial charge in [0.1, 0.15) is 0 Å². The number of likely N-dealkylation sites (tertiary alicyclic amines) is 1. The van der Waals surface area contributed by atoms with E-state index >= 15 is 0 Å². The molecular formula is C16H21Cl2N3O. The molecule has 1 amide bonds. The van der Waals surface area contributed by atoms with Crippen LogP contribution >= 0.6 is 23.2 Å². The van der Waals surface area contributed by atoms with Gasteiger partial charge in [-0.2, -0.15) is 5.10 Å². The SMILES string of the molecule is O=C(CN1CCCCCCC1)N/N=C\c1ccc(Cl)cc1Cl. The van der Waals surface area contributed by atoms with Crippen LogP contribution in [-0.2, 0) is 4.79 Å². The predicted octanol–water partition coefficient (Wildman–Crippen LogP) is 3.71. The molecule has 120 valence electrons. The summed E-state index contributed by atoms with van der Waals surface area (Å²) in [6.45, 7) is 2.37. The number of nitrogens with zero attached hydrogens (tertiary/aromatic N) is 2. The van der Waals surface area contributed by atoms with Crippen molar-refractivity contribution in [1.29, 1.82) is 0 Å². The number of hydrazone groups is 1. The van der Waals surface area contributed by atoms with Gasteiger partial charge in [0.05, 0.1) is 17.8 Å². The van der Waals surface area contributed by atoms with Crippen molar-refractivity contribution in [3.8, 4) is 0 Å². The van der Waals surface area contributed by atoms with Gasteiger partial charge in [-0.15, -0.1) is 0 Å². The van der Waals surface area contributed by atoms with Gasteiger partial charge in [0.15, 0.2) is 0 Å². The lowest BCUT2D eigenvalue weighted by Gasteiger charge is -2.23. The van der Waals surface area contributed by atoms with E-state index in [9.17, 15) is 4.79 Å². The molecule has 0 radical (unpaired) electrons. The van der Waals surface area contributed by atoms with E-state index in [2.05, 4.69) is 15.4 Å². The van der Waals surface area contributed by atoms with Crippen LogP contribution in [0, 0.1) is 0 Å². The van der Waals surface area contributed by atoms with Crippen molar-refractivity contribution in [3.63, 3.8) is 0 Å². The second kappa shape index (κ2) is 9.13. The van der Waals surface area contributed by atoms with Crippen LogP contribution < -0.4 is 5.43 Å². The van der Waals surface area contributed by atoms with Crippen LogP contribution in [0.25, 0.3) is 0 Å². The Labute approximate surface area is 141 Å². The first-order chi connectivity index (χ1) is 10.6. The predicted molar refractivity (Wildman–Crippen MR) is 91.7 cm³/mol. The molecule has 0 bridgehead atoms. The number of amides is 1. The van der Waals surface area contributed by atoms with Gasteiger partial charge >= 0.3 is 0 Å². The summed E-state index contributed by atoms with van der Waals surface area (Å²) < 4.78 is 0. The van der Waals surface area contributed by atoms with Crippen molar-refractivity contribution in [2.75, 3.05) is 19.6 Å². The van der Waals surface area contributed by atoms with Crippen LogP contribution in [0.2, 0.25) is 10.0 Å². The lowest BCUT2D eigenvalue weighted by atomic mass is 10.1. The van der Waals surface area contributed by atoms with Crippen LogP contribution in [-0.4, -0.2) is 36.7 Å². The molecule has 6 heteroatoms. The Morgan fingerprint density at radius 2 is 1.86 bits per heavy atom. The number of benzene rings is 1. The number of nitrogens with one attached hydrogen (secondary N) is 1. The number of hydrogen-bond acceptors (Lipinski definition) is 3. The second-order valence-corrected chi connectivity index (χ2v) is 6.35. The third-order valence-corrected chi connectivity index (χ3v) is 4.23. The van der Waals surface area contributed by atoms with E-state index in [1.54, 1.807) is 18.2 Å². The highest BCUT2D eigenvalue weighted by molar-refractivity contribution is 6.36. The maximum atomic E-state index is 11.9. The zero-order valence-electron chi connectivity index (χ0n) is 12.5. The summed E-state index contributed by atoms with van der Waals surface area (Å²) in [5.74, 6) is -0.0955. The minimum absolute atomic E-state index is 0.0955. The quantitative estimate of drug-likeness (QED) is 0.670. The molecule has 1 heterocycles. The highest BCUT2D eigenvalue weighted by Crippen LogP contribution is 2.19. The second-order valence-electron chi connectivity index (χ2n) is 5.50. The molecule has 1 N–H and O–H groups in total. The largest absolute Gasteiger partial charge is 0.294 e. The lowest BCUT2D eigenvalue weighted by Crippen LogP contribution is -2.37.